The molecule has 0 atom stereocenters. The van der Waals surface area contributed by atoms with E-state index in [-0.39, 0.29) is 17.6 Å². The van der Waals surface area contributed by atoms with E-state index in [1.165, 1.54) is 6.08 Å². The second-order valence-electron chi connectivity index (χ2n) is 9.30. The van der Waals surface area contributed by atoms with Gasteiger partial charge in [-0.1, -0.05) is 97.4 Å². The minimum Gasteiger partial charge on any atom is -0.463 e. The molecule has 4 rings (SSSR count). The number of hydrogen-bond acceptors (Lipinski definition) is 5. The summed E-state index contributed by atoms with van der Waals surface area (Å²) in [4.78, 5) is 25.3. The van der Waals surface area contributed by atoms with Crippen molar-refractivity contribution in [1.82, 2.24) is 20.3 Å². The molecule has 200 valence electrons. The highest BCUT2D eigenvalue weighted by Gasteiger charge is 2.21. The number of ether oxygens (including phenoxy) is 1. The number of esters is 1. The van der Waals surface area contributed by atoms with E-state index in [4.69, 9.17) is 4.74 Å². The Balaban J connectivity index is 1.47. The lowest BCUT2D eigenvalue weighted by Crippen LogP contribution is -2.27. The van der Waals surface area contributed by atoms with Crippen molar-refractivity contribution in [2.75, 3.05) is 13.2 Å². The third-order valence-electron chi connectivity index (χ3n) is 6.42. The summed E-state index contributed by atoms with van der Waals surface area (Å²) in [5.74, 6) is -0.630. The van der Waals surface area contributed by atoms with E-state index in [1.807, 2.05) is 85.8 Å². The molecule has 3 aromatic carbocycles. The van der Waals surface area contributed by atoms with Gasteiger partial charge >= 0.3 is 5.97 Å². The maximum Gasteiger partial charge on any atom is 0.330 e. The number of carbonyl (C=O) groups is 2. The first-order chi connectivity index (χ1) is 19.1. The number of nitrogens with one attached hydrogen (secondary N) is 1. The molecule has 0 fully saturated rings. The zero-order chi connectivity index (χ0) is 27.5. The minimum atomic E-state index is -0.351. The summed E-state index contributed by atoms with van der Waals surface area (Å²) >= 11 is 0. The van der Waals surface area contributed by atoms with Crippen LogP contribution in [0.15, 0.2) is 84.9 Å². The fourth-order valence-electron chi connectivity index (χ4n) is 4.35. The number of nitrogens with zero attached hydrogens (tertiary/aromatic N) is 3. The summed E-state index contributed by atoms with van der Waals surface area (Å²) in [6.45, 7) is 5.41. The third kappa shape index (κ3) is 7.51. The van der Waals surface area contributed by atoms with Gasteiger partial charge in [0, 0.05) is 18.2 Å². The van der Waals surface area contributed by atoms with Crippen LogP contribution in [-0.2, 0) is 22.5 Å². The lowest BCUT2D eigenvalue weighted by Gasteiger charge is -2.12. The molecule has 1 N–H and O–H groups in total. The van der Waals surface area contributed by atoms with Gasteiger partial charge in [0.2, 0.25) is 0 Å². The van der Waals surface area contributed by atoms with Crippen LogP contribution in [0.5, 0.6) is 0 Å². The largest absolute Gasteiger partial charge is 0.463 e. The summed E-state index contributed by atoms with van der Waals surface area (Å²) in [5, 5.41) is 11.6. The molecule has 0 bridgehead atoms. The molecule has 39 heavy (non-hydrogen) atoms. The predicted octanol–water partition coefficient (Wildman–Crippen LogP) is 5.63. The maximum atomic E-state index is 13.3. The van der Waals surface area contributed by atoms with Crippen LogP contribution in [0.25, 0.3) is 17.3 Å². The number of benzene rings is 3. The first-order valence-corrected chi connectivity index (χ1v) is 13.3. The number of hydrogen-bond donors (Lipinski definition) is 1. The van der Waals surface area contributed by atoms with E-state index in [9.17, 15) is 9.59 Å². The van der Waals surface area contributed by atoms with Gasteiger partial charge in [0.1, 0.15) is 5.69 Å². The maximum absolute atomic E-state index is 13.3. The summed E-state index contributed by atoms with van der Waals surface area (Å²) in [5.41, 5.74) is 5.99. The average molecular weight is 523 g/mol. The van der Waals surface area contributed by atoms with Crippen molar-refractivity contribution in [3.05, 3.63) is 113 Å². The Morgan fingerprint density at radius 3 is 2.46 bits per heavy atom. The van der Waals surface area contributed by atoms with Gasteiger partial charge in [0.25, 0.3) is 5.91 Å². The van der Waals surface area contributed by atoms with Gasteiger partial charge in [-0.25, -0.2) is 9.48 Å². The quantitative estimate of drug-likeness (QED) is 0.148. The van der Waals surface area contributed by atoms with Crippen molar-refractivity contribution < 1.29 is 14.3 Å². The van der Waals surface area contributed by atoms with Crippen molar-refractivity contribution in [3.8, 4) is 11.3 Å². The number of aromatic nitrogens is 3. The van der Waals surface area contributed by atoms with Crippen molar-refractivity contribution in [2.24, 2.45) is 0 Å². The third-order valence-corrected chi connectivity index (χ3v) is 6.42. The monoisotopic (exact) mass is 522 g/mol. The summed E-state index contributed by atoms with van der Waals surface area (Å²) in [7, 11) is 0. The van der Waals surface area contributed by atoms with Gasteiger partial charge in [-0.3, -0.25) is 4.79 Å². The molecule has 7 nitrogen and oxygen atoms in total. The van der Waals surface area contributed by atoms with Crippen LogP contribution in [0.4, 0.5) is 0 Å². The van der Waals surface area contributed by atoms with Crippen molar-refractivity contribution >= 4 is 18.0 Å². The Morgan fingerprint density at radius 1 is 0.974 bits per heavy atom. The van der Waals surface area contributed by atoms with Crippen LogP contribution in [0, 0.1) is 6.92 Å². The number of aryl methyl sites for hydroxylation is 1. The topological polar surface area (TPSA) is 86.1 Å². The van der Waals surface area contributed by atoms with Crippen LogP contribution < -0.4 is 5.32 Å². The zero-order valence-electron chi connectivity index (χ0n) is 22.5. The smallest absolute Gasteiger partial charge is 0.330 e. The van der Waals surface area contributed by atoms with Crippen LogP contribution >= 0.6 is 0 Å². The van der Waals surface area contributed by atoms with E-state index in [0.717, 1.165) is 40.7 Å². The summed E-state index contributed by atoms with van der Waals surface area (Å²) in [6.07, 6.45) is 5.66. The van der Waals surface area contributed by atoms with Crippen LogP contribution in [0.2, 0.25) is 0 Å². The van der Waals surface area contributed by atoms with E-state index in [0.29, 0.717) is 31.8 Å². The Bertz CT molecular complexity index is 1410. The molecular weight excluding hydrogens is 488 g/mol. The van der Waals surface area contributed by atoms with Gasteiger partial charge in [0.15, 0.2) is 5.69 Å². The Morgan fingerprint density at radius 2 is 1.72 bits per heavy atom. The SMILES string of the molecule is CCCCOC(=O)/C=C/c1cccc(C)c1CCNC(=O)c1nnn(Cc2ccccc2)c1-c1ccccc1. The summed E-state index contributed by atoms with van der Waals surface area (Å²) < 4.78 is 6.99. The first kappa shape index (κ1) is 27.5. The van der Waals surface area contributed by atoms with Crippen LogP contribution in [0.3, 0.4) is 0 Å². The van der Waals surface area contributed by atoms with E-state index in [2.05, 4.69) is 22.6 Å². The molecule has 0 aliphatic rings. The predicted molar refractivity (Wildman–Crippen MR) is 153 cm³/mol. The fourth-order valence-corrected chi connectivity index (χ4v) is 4.35. The molecule has 7 heteroatoms. The van der Waals surface area contributed by atoms with Crippen LogP contribution in [-0.4, -0.2) is 40.0 Å². The lowest BCUT2D eigenvalue weighted by molar-refractivity contribution is -0.137. The molecule has 4 aromatic rings. The Kier molecular flexibility index (Phi) is 9.78. The lowest BCUT2D eigenvalue weighted by atomic mass is 9.98. The van der Waals surface area contributed by atoms with Gasteiger partial charge in [-0.15, -0.1) is 5.10 Å². The number of rotatable bonds is 12. The molecule has 0 spiro atoms. The molecule has 0 saturated carbocycles. The van der Waals surface area contributed by atoms with Crippen molar-refractivity contribution in [3.63, 3.8) is 0 Å². The number of unbranched alkanes of at least 4 members (excludes halogenated alkanes) is 1. The van der Waals surface area contributed by atoms with Gasteiger partial charge in [-0.2, -0.15) is 0 Å². The van der Waals surface area contributed by atoms with E-state index in [1.54, 1.807) is 10.8 Å². The average Bonchev–Trinajstić information content (AvgIpc) is 3.37. The van der Waals surface area contributed by atoms with Crippen LogP contribution in [0.1, 0.15) is 52.5 Å². The van der Waals surface area contributed by atoms with Crippen molar-refractivity contribution in [1.29, 1.82) is 0 Å². The fraction of sp³-hybridized carbons (Fsp3) is 0.250. The number of amides is 1. The molecule has 1 aromatic heterocycles. The van der Waals surface area contributed by atoms with Crippen molar-refractivity contribution in [2.45, 2.75) is 39.7 Å². The highest BCUT2D eigenvalue weighted by molar-refractivity contribution is 5.98. The zero-order valence-corrected chi connectivity index (χ0v) is 22.5. The first-order valence-electron chi connectivity index (χ1n) is 13.3. The Hall–Kier alpha value is -4.52. The van der Waals surface area contributed by atoms with Gasteiger partial charge in [-0.05, 0) is 48.1 Å². The molecule has 0 radical (unpaired) electrons. The second-order valence-corrected chi connectivity index (χ2v) is 9.30. The highest BCUT2D eigenvalue weighted by Crippen LogP contribution is 2.23. The molecule has 0 unspecified atom stereocenters. The normalized spacial score (nSPS) is 11.0. The summed E-state index contributed by atoms with van der Waals surface area (Å²) in [6, 6.07) is 25.6. The highest BCUT2D eigenvalue weighted by atomic mass is 16.5. The second kappa shape index (κ2) is 13.9. The van der Waals surface area contributed by atoms with Gasteiger partial charge in [0.05, 0.1) is 13.2 Å². The molecule has 0 aliphatic carbocycles. The van der Waals surface area contributed by atoms with Gasteiger partial charge < -0.3 is 10.1 Å². The molecule has 1 heterocycles. The molecule has 0 aliphatic heterocycles. The molecular formula is C32H34N4O3. The standard InChI is InChI=1S/C32H34N4O3/c1-3-4-22-39-29(37)19-18-26-17-11-12-24(2)28(26)20-21-33-32(38)30-31(27-15-9-6-10-16-27)36(35-34-30)23-25-13-7-5-8-14-25/h5-19H,3-4,20-23H2,1-2H3,(H,33,38)/b19-18+. The molecule has 1 amide bonds. The van der Waals surface area contributed by atoms with E-state index >= 15 is 0 Å². The van der Waals surface area contributed by atoms with E-state index < -0.39 is 0 Å². The minimum absolute atomic E-state index is 0.279. The molecule has 0 saturated heterocycles. The number of carbonyl (C=O) groups excluding carboxylic acids is 2. The Labute approximate surface area is 229 Å².